The van der Waals surface area contributed by atoms with Crippen molar-refractivity contribution in [3.63, 3.8) is 0 Å². The second-order valence-electron chi connectivity index (χ2n) is 8.90. The van der Waals surface area contributed by atoms with Gasteiger partial charge in [-0.3, -0.25) is 9.59 Å². The molecule has 36 heavy (non-hydrogen) atoms. The third kappa shape index (κ3) is 4.60. The highest BCUT2D eigenvalue weighted by molar-refractivity contribution is 9.10. The Morgan fingerprint density at radius 2 is 1.94 bits per heavy atom. The van der Waals surface area contributed by atoms with E-state index in [1.165, 1.54) is 4.68 Å². The highest BCUT2D eigenvalue weighted by Gasteiger charge is 2.20. The first-order chi connectivity index (χ1) is 17.5. The Balaban J connectivity index is 1.58. The van der Waals surface area contributed by atoms with E-state index in [0.29, 0.717) is 49.5 Å². The Bertz CT molecular complexity index is 1530. The molecule has 0 aliphatic carbocycles. The molecule has 2 aromatic carbocycles. The fourth-order valence-corrected chi connectivity index (χ4v) is 5.05. The highest BCUT2D eigenvalue weighted by atomic mass is 79.9. The van der Waals surface area contributed by atoms with Gasteiger partial charge in [0.05, 0.1) is 30.3 Å². The van der Waals surface area contributed by atoms with Gasteiger partial charge in [-0.25, -0.2) is 4.98 Å². The number of benzene rings is 2. The zero-order chi connectivity index (χ0) is 25.2. The fraction of sp³-hybridized carbons (Fsp3) is 0.333. The van der Waals surface area contributed by atoms with Crippen molar-refractivity contribution in [3.8, 4) is 0 Å². The molecule has 4 aromatic rings. The zero-order valence-electron chi connectivity index (χ0n) is 20.4. The van der Waals surface area contributed by atoms with Crippen molar-refractivity contribution in [2.45, 2.75) is 33.2 Å². The van der Waals surface area contributed by atoms with Crippen LogP contribution in [0.2, 0.25) is 0 Å². The van der Waals surface area contributed by atoms with E-state index < -0.39 is 0 Å². The van der Waals surface area contributed by atoms with E-state index in [9.17, 15) is 9.59 Å². The average molecular weight is 550 g/mol. The average Bonchev–Trinajstić information content (AvgIpc) is 3.15. The molecule has 9 heteroatoms. The molecule has 0 atom stereocenters. The maximum Gasteiger partial charge on any atom is 0.282 e. The van der Waals surface area contributed by atoms with Crippen LogP contribution < -0.4 is 5.56 Å². The van der Waals surface area contributed by atoms with Crippen LogP contribution in [0.25, 0.3) is 21.8 Å². The first kappa shape index (κ1) is 24.4. The number of nitrogens with zero attached hydrogens (tertiary/aromatic N) is 5. The minimum absolute atomic E-state index is 0.0661. The van der Waals surface area contributed by atoms with Crippen LogP contribution in [0.15, 0.2) is 56.8 Å². The van der Waals surface area contributed by atoms with E-state index >= 15 is 0 Å². The summed E-state index contributed by atoms with van der Waals surface area (Å²) in [5.41, 5.74) is 3.21. The second-order valence-corrected chi connectivity index (χ2v) is 9.81. The first-order valence-electron chi connectivity index (χ1n) is 12.2. The van der Waals surface area contributed by atoms with Crippen molar-refractivity contribution >= 4 is 49.9 Å². The molecule has 0 saturated carbocycles. The number of ether oxygens (including phenoxy) is 1. The van der Waals surface area contributed by atoms with Crippen LogP contribution in [0.4, 0.5) is 0 Å². The maximum atomic E-state index is 13.4. The quantitative estimate of drug-likeness (QED) is 0.339. The lowest BCUT2D eigenvalue weighted by Gasteiger charge is -2.27. The molecule has 186 valence electrons. The van der Waals surface area contributed by atoms with Crippen LogP contribution in [0.1, 0.15) is 30.4 Å². The third-order valence-electron chi connectivity index (χ3n) is 6.59. The molecule has 1 amide bonds. The van der Waals surface area contributed by atoms with E-state index in [-0.39, 0.29) is 18.0 Å². The van der Waals surface area contributed by atoms with Gasteiger partial charge < -0.3 is 14.2 Å². The SMILES string of the molecule is CCCc1nc2ccc(Br)cc2c(=O)n1N=Cc1c(C)n(CC(=O)N2CCOCC2)c2ccccc12. The summed E-state index contributed by atoms with van der Waals surface area (Å²) in [4.78, 5) is 33.0. The minimum atomic E-state index is -0.204. The topological polar surface area (TPSA) is 81.7 Å². The number of aromatic nitrogens is 3. The van der Waals surface area contributed by atoms with E-state index in [1.54, 1.807) is 12.3 Å². The Morgan fingerprint density at radius 3 is 2.72 bits per heavy atom. The summed E-state index contributed by atoms with van der Waals surface area (Å²) in [7, 11) is 0. The molecular weight excluding hydrogens is 522 g/mol. The Hall–Kier alpha value is -3.30. The molecule has 0 N–H and O–H groups in total. The number of carbonyl (C=O) groups is 1. The largest absolute Gasteiger partial charge is 0.378 e. The van der Waals surface area contributed by atoms with Crippen LogP contribution in [-0.2, 0) is 22.5 Å². The summed E-state index contributed by atoms with van der Waals surface area (Å²) in [6.07, 6.45) is 3.19. The molecule has 3 heterocycles. The summed E-state index contributed by atoms with van der Waals surface area (Å²) >= 11 is 3.45. The molecule has 0 radical (unpaired) electrons. The lowest BCUT2D eigenvalue weighted by atomic mass is 10.1. The molecule has 1 saturated heterocycles. The molecule has 0 spiro atoms. The number of hydrogen-bond acceptors (Lipinski definition) is 5. The molecule has 0 bridgehead atoms. The van der Waals surface area contributed by atoms with Gasteiger partial charge in [-0.1, -0.05) is 41.1 Å². The summed E-state index contributed by atoms with van der Waals surface area (Å²) in [6, 6.07) is 13.5. The number of hydrogen-bond donors (Lipinski definition) is 0. The van der Waals surface area contributed by atoms with E-state index in [1.807, 2.05) is 52.8 Å². The van der Waals surface area contributed by atoms with Crippen LogP contribution in [0, 0.1) is 6.92 Å². The van der Waals surface area contributed by atoms with Crippen LogP contribution in [-0.4, -0.2) is 57.6 Å². The van der Waals surface area contributed by atoms with E-state index in [4.69, 9.17) is 9.72 Å². The van der Waals surface area contributed by atoms with Crippen molar-refractivity contribution in [1.29, 1.82) is 0 Å². The predicted octanol–water partition coefficient (Wildman–Crippen LogP) is 4.12. The van der Waals surface area contributed by atoms with Crippen LogP contribution in [0.3, 0.4) is 0 Å². The smallest absolute Gasteiger partial charge is 0.282 e. The summed E-state index contributed by atoms with van der Waals surface area (Å²) in [5.74, 6) is 0.689. The van der Waals surface area contributed by atoms with Gasteiger partial charge in [0.2, 0.25) is 5.91 Å². The van der Waals surface area contributed by atoms with Gasteiger partial charge in [0.25, 0.3) is 5.56 Å². The summed E-state index contributed by atoms with van der Waals surface area (Å²) in [6.45, 7) is 6.64. The lowest BCUT2D eigenvalue weighted by molar-refractivity contribution is -0.135. The highest BCUT2D eigenvalue weighted by Crippen LogP contribution is 2.25. The number of halogens is 1. The maximum absolute atomic E-state index is 13.4. The number of rotatable bonds is 6. The number of fused-ring (bicyclic) bond motifs is 2. The molecule has 5 rings (SSSR count). The first-order valence-corrected chi connectivity index (χ1v) is 13.0. The monoisotopic (exact) mass is 549 g/mol. The Kier molecular flexibility index (Phi) is 7.02. The van der Waals surface area contributed by atoms with Crippen LogP contribution in [0.5, 0.6) is 0 Å². The van der Waals surface area contributed by atoms with Crippen molar-refractivity contribution in [3.05, 3.63) is 74.4 Å². The third-order valence-corrected chi connectivity index (χ3v) is 7.08. The molecular formula is C27H28BrN5O3. The van der Waals surface area contributed by atoms with Gasteiger partial charge in [0, 0.05) is 46.1 Å². The van der Waals surface area contributed by atoms with Gasteiger partial charge in [-0.05, 0) is 37.6 Å². The number of aryl methyl sites for hydroxylation is 1. The number of carbonyl (C=O) groups excluding carboxylic acids is 1. The Labute approximate surface area is 217 Å². The predicted molar refractivity (Wildman–Crippen MR) is 145 cm³/mol. The molecule has 0 unspecified atom stereocenters. The number of para-hydroxylation sites is 1. The molecule has 1 aliphatic rings. The van der Waals surface area contributed by atoms with Gasteiger partial charge in [0.1, 0.15) is 12.4 Å². The van der Waals surface area contributed by atoms with Crippen molar-refractivity contribution in [2.75, 3.05) is 26.3 Å². The molecule has 8 nitrogen and oxygen atoms in total. The summed E-state index contributed by atoms with van der Waals surface area (Å²) < 4.78 is 9.64. The standard InChI is InChI=1S/C27H28BrN5O3/c1-3-6-25-30-23-10-9-19(28)15-21(23)27(35)33(25)29-16-22-18(2)32(24-8-5-4-7-20(22)24)17-26(34)31-11-13-36-14-12-31/h4-5,7-10,15-16H,3,6,11-14,17H2,1-2H3. The fourth-order valence-electron chi connectivity index (χ4n) is 4.69. The molecule has 1 aliphatic heterocycles. The van der Waals surface area contributed by atoms with E-state index in [2.05, 4.69) is 28.0 Å². The Morgan fingerprint density at radius 1 is 1.17 bits per heavy atom. The molecule has 2 aromatic heterocycles. The van der Waals surface area contributed by atoms with Crippen molar-refractivity contribution in [2.24, 2.45) is 5.10 Å². The van der Waals surface area contributed by atoms with E-state index in [0.717, 1.165) is 33.1 Å². The van der Waals surface area contributed by atoms with Gasteiger partial charge in [-0.2, -0.15) is 9.78 Å². The summed E-state index contributed by atoms with van der Waals surface area (Å²) in [5, 5.41) is 6.14. The van der Waals surface area contributed by atoms with Gasteiger partial charge in [-0.15, -0.1) is 0 Å². The number of amides is 1. The second kappa shape index (κ2) is 10.4. The zero-order valence-corrected chi connectivity index (χ0v) is 22.0. The normalized spacial score (nSPS) is 14.4. The van der Waals surface area contributed by atoms with Gasteiger partial charge >= 0.3 is 0 Å². The van der Waals surface area contributed by atoms with Crippen LogP contribution >= 0.6 is 15.9 Å². The molecule has 1 fully saturated rings. The van der Waals surface area contributed by atoms with Crippen molar-refractivity contribution < 1.29 is 9.53 Å². The minimum Gasteiger partial charge on any atom is -0.378 e. The number of morpholine rings is 1. The lowest BCUT2D eigenvalue weighted by Crippen LogP contribution is -2.42. The van der Waals surface area contributed by atoms with Gasteiger partial charge in [0.15, 0.2) is 0 Å². The van der Waals surface area contributed by atoms with Crippen molar-refractivity contribution in [1.82, 2.24) is 19.1 Å².